The first-order chi connectivity index (χ1) is 11.1. The van der Waals surface area contributed by atoms with E-state index in [1.165, 1.54) is 0 Å². The number of hydrogen-bond acceptors (Lipinski definition) is 3. The number of amides is 2. The van der Waals surface area contributed by atoms with Gasteiger partial charge in [-0.25, -0.2) is 0 Å². The second-order valence-corrected chi connectivity index (χ2v) is 4.92. The van der Waals surface area contributed by atoms with Gasteiger partial charge in [-0.05, 0) is 36.4 Å². The molecule has 0 heterocycles. The third-order valence-corrected chi connectivity index (χ3v) is 3.22. The molecule has 5 nitrogen and oxygen atoms in total. The van der Waals surface area contributed by atoms with Crippen molar-refractivity contribution in [3.63, 3.8) is 0 Å². The van der Waals surface area contributed by atoms with E-state index in [1.54, 1.807) is 54.6 Å². The molecule has 0 aromatic heterocycles. The average molecular weight is 331 g/mol. The van der Waals surface area contributed by atoms with Gasteiger partial charge in [0.1, 0.15) is 12.4 Å². The first-order valence-corrected chi connectivity index (χ1v) is 7.18. The Hall–Kier alpha value is -2.79. The summed E-state index contributed by atoms with van der Waals surface area (Å²) in [6, 6.07) is 13.1. The van der Waals surface area contributed by atoms with Crippen LogP contribution in [0.5, 0.6) is 5.75 Å². The first-order valence-electron chi connectivity index (χ1n) is 6.81. The highest BCUT2D eigenvalue weighted by atomic mass is 35.5. The molecule has 0 bridgehead atoms. The highest BCUT2D eigenvalue weighted by Gasteiger charge is 2.11. The van der Waals surface area contributed by atoms with E-state index in [-0.39, 0.29) is 5.56 Å². The Morgan fingerprint density at radius 2 is 1.70 bits per heavy atom. The number of benzene rings is 2. The molecule has 2 amide bonds. The van der Waals surface area contributed by atoms with Crippen LogP contribution in [-0.4, -0.2) is 18.4 Å². The molecule has 0 aliphatic heterocycles. The van der Waals surface area contributed by atoms with Crippen molar-refractivity contribution < 1.29 is 14.3 Å². The predicted molar refractivity (Wildman–Crippen MR) is 88.5 cm³/mol. The van der Waals surface area contributed by atoms with Gasteiger partial charge in [0.25, 0.3) is 11.8 Å². The largest absolute Gasteiger partial charge is 0.490 e. The van der Waals surface area contributed by atoms with Crippen LogP contribution in [0.15, 0.2) is 61.2 Å². The summed E-state index contributed by atoms with van der Waals surface area (Å²) in [6.45, 7) is 3.94. The Labute approximate surface area is 138 Å². The van der Waals surface area contributed by atoms with Gasteiger partial charge >= 0.3 is 0 Å². The quantitative estimate of drug-likeness (QED) is 0.654. The van der Waals surface area contributed by atoms with Gasteiger partial charge in [0.05, 0.1) is 10.6 Å². The van der Waals surface area contributed by atoms with Crippen LogP contribution in [0.3, 0.4) is 0 Å². The van der Waals surface area contributed by atoms with Crippen molar-refractivity contribution in [2.75, 3.05) is 6.61 Å². The summed E-state index contributed by atoms with van der Waals surface area (Å²) in [5.74, 6) is -0.308. The van der Waals surface area contributed by atoms with Crippen LogP contribution in [0.1, 0.15) is 20.7 Å². The zero-order chi connectivity index (χ0) is 16.7. The van der Waals surface area contributed by atoms with E-state index in [0.29, 0.717) is 22.9 Å². The monoisotopic (exact) mass is 330 g/mol. The van der Waals surface area contributed by atoms with Crippen molar-refractivity contribution in [1.82, 2.24) is 10.9 Å². The minimum absolute atomic E-state index is 0.280. The van der Waals surface area contributed by atoms with Gasteiger partial charge in [-0.1, -0.05) is 36.4 Å². The number of halogens is 1. The maximum absolute atomic E-state index is 12.0. The molecule has 118 valence electrons. The number of hydrazine groups is 1. The summed E-state index contributed by atoms with van der Waals surface area (Å²) in [7, 11) is 0. The number of ether oxygens (including phenoxy) is 1. The minimum Gasteiger partial charge on any atom is -0.490 e. The third kappa shape index (κ3) is 4.59. The summed E-state index contributed by atoms with van der Waals surface area (Å²) in [5.41, 5.74) is 5.32. The molecule has 6 heteroatoms. The Balaban J connectivity index is 1.93. The molecular formula is C17H15ClN2O3. The van der Waals surface area contributed by atoms with Crippen molar-refractivity contribution >= 4 is 23.4 Å². The van der Waals surface area contributed by atoms with E-state index in [0.717, 1.165) is 0 Å². The second kappa shape index (κ2) is 8.00. The molecule has 0 radical (unpaired) electrons. The molecule has 0 saturated carbocycles. The zero-order valence-corrected chi connectivity index (χ0v) is 13.0. The lowest BCUT2D eigenvalue weighted by molar-refractivity contribution is 0.0846. The summed E-state index contributed by atoms with van der Waals surface area (Å²) in [5, 5.41) is 0.308. The fourth-order valence-corrected chi connectivity index (χ4v) is 1.98. The zero-order valence-electron chi connectivity index (χ0n) is 12.2. The molecule has 0 saturated heterocycles. The van der Waals surface area contributed by atoms with Gasteiger partial charge in [-0.2, -0.15) is 0 Å². The maximum atomic E-state index is 12.0. The fourth-order valence-electron chi connectivity index (χ4n) is 1.76. The Bertz CT molecular complexity index is 714. The van der Waals surface area contributed by atoms with Gasteiger partial charge in [0, 0.05) is 5.56 Å². The number of carbonyl (C=O) groups is 2. The summed E-state index contributed by atoms with van der Waals surface area (Å²) < 4.78 is 5.32. The third-order valence-electron chi connectivity index (χ3n) is 2.89. The Morgan fingerprint density at radius 3 is 2.35 bits per heavy atom. The summed E-state index contributed by atoms with van der Waals surface area (Å²) in [4.78, 5) is 23.9. The van der Waals surface area contributed by atoms with E-state index >= 15 is 0 Å². The molecule has 0 unspecified atom stereocenters. The number of rotatable bonds is 5. The number of nitrogens with one attached hydrogen (secondary N) is 2. The van der Waals surface area contributed by atoms with Crippen LogP contribution >= 0.6 is 11.6 Å². The van der Waals surface area contributed by atoms with Crippen molar-refractivity contribution in [1.29, 1.82) is 0 Å². The van der Waals surface area contributed by atoms with E-state index < -0.39 is 11.8 Å². The predicted octanol–water partition coefficient (Wildman–Crippen LogP) is 2.98. The van der Waals surface area contributed by atoms with Crippen LogP contribution in [-0.2, 0) is 0 Å². The van der Waals surface area contributed by atoms with E-state index in [9.17, 15) is 9.59 Å². The lowest BCUT2D eigenvalue weighted by Gasteiger charge is -2.09. The smallest absolute Gasteiger partial charge is 0.271 e. The van der Waals surface area contributed by atoms with Crippen LogP contribution in [0.2, 0.25) is 5.02 Å². The fraction of sp³-hybridized carbons (Fsp3) is 0.0588. The summed E-state index contributed by atoms with van der Waals surface area (Å²) in [6.07, 6.45) is 1.63. The van der Waals surface area contributed by atoms with Gasteiger partial charge in [-0.3, -0.25) is 20.4 Å². The second-order valence-electron chi connectivity index (χ2n) is 4.51. The molecule has 2 rings (SSSR count). The molecular weight excluding hydrogens is 316 g/mol. The summed E-state index contributed by atoms with van der Waals surface area (Å²) >= 11 is 5.92. The van der Waals surface area contributed by atoms with Crippen LogP contribution in [0.25, 0.3) is 0 Å². The van der Waals surface area contributed by atoms with E-state index in [2.05, 4.69) is 17.4 Å². The number of hydrogen-bond donors (Lipinski definition) is 2. The van der Waals surface area contributed by atoms with Crippen molar-refractivity contribution in [2.24, 2.45) is 0 Å². The van der Waals surface area contributed by atoms with Gasteiger partial charge in [0.2, 0.25) is 0 Å². The Kier molecular flexibility index (Phi) is 5.77. The highest BCUT2D eigenvalue weighted by molar-refractivity contribution is 6.33. The van der Waals surface area contributed by atoms with Crippen LogP contribution in [0, 0.1) is 0 Å². The van der Waals surface area contributed by atoms with Gasteiger partial charge in [0.15, 0.2) is 0 Å². The maximum Gasteiger partial charge on any atom is 0.271 e. The molecule has 0 spiro atoms. The molecule has 0 atom stereocenters. The molecule has 23 heavy (non-hydrogen) atoms. The van der Waals surface area contributed by atoms with Crippen molar-refractivity contribution in [2.45, 2.75) is 0 Å². The normalized spacial score (nSPS) is 9.78. The average Bonchev–Trinajstić information content (AvgIpc) is 2.58. The molecule has 0 aliphatic carbocycles. The number of carbonyl (C=O) groups excluding carboxylic acids is 2. The highest BCUT2D eigenvalue weighted by Crippen LogP contribution is 2.14. The van der Waals surface area contributed by atoms with Crippen molar-refractivity contribution in [3.8, 4) is 5.75 Å². The van der Waals surface area contributed by atoms with Gasteiger partial charge < -0.3 is 4.74 Å². The molecule has 2 N–H and O–H groups in total. The molecule has 0 aliphatic rings. The van der Waals surface area contributed by atoms with Crippen LogP contribution < -0.4 is 15.6 Å². The van der Waals surface area contributed by atoms with Gasteiger partial charge in [-0.15, -0.1) is 0 Å². The first kappa shape index (κ1) is 16.6. The lowest BCUT2D eigenvalue weighted by atomic mass is 10.2. The SMILES string of the molecule is C=CCOc1ccc(C(=O)NNC(=O)c2ccccc2Cl)cc1. The molecule has 0 fully saturated rings. The molecule has 2 aromatic carbocycles. The Morgan fingerprint density at radius 1 is 1.04 bits per heavy atom. The molecule has 2 aromatic rings. The van der Waals surface area contributed by atoms with E-state index in [4.69, 9.17) is 16.3 Å². The standard InChI is InChI=1S/C17H15ClN2O3/c1-2-11-23-13-9-7-12(8-10-13)16(21)19-20-17(22)14-5-3-4-6-15(14)18/h2-10H,1,11H2,(H,19,21)(H,20,22). The minimum atomic E-state index is -0.491. The van der Waals surface area contributed by atoms with Crippen LogP contribution in [0.4, 0.5) is 0 Å². The lowest BCUT2D eigenvalue weighted by Crippen LogP contribution is -2.41. The van der Waals surface area contributed by atoms with Crippen molar-refractivity contribution in [3.05, 3.63) is 77.3 Å². The topological polar surface area (TPSA) is 67.4 Å². The van der Waals surface area contributed by atoms with E-state index in [1.807, 2.05) is 0 Å².